The first-order valence-corrected chi connectivity index (χ1v) is 7.38. The topological polar surface area (TPSA) is 66.4 Å². The molecule has 0 amide bonds. The minimum absolute atomic E-state index is 0.240. The van der Waals surface area contributed by atoms with Crippen molar-refractivity contribution in [2.24, 2.45) is 0 Å². The summed E-state index contributed by atoms with van der Waals surface area (Å²) in [7, 11) is 1.64. The molecule has 6 nitrogen and oxygen atoms in total. The molecular formula is C16H26O6. The maximum Gasteiger partial charge on any atom is 0.122 e. The standard InChI is InChI=1S/C16H26O6/c1-14-13-15(17)3-4-16(14)22-12-11-21-10-9-20-8-7-19-6-5-18-2/h3-4,13,17H,5-12H2,1-2H3. The molecule has 0 aliphatic carbocycles. The van der Waals surface area contributed by atoms with E-state index in [-0.39, 0.29) is 5.75 Å². The minimum Gasteiger partial charge on any atom is -0.508 e. The smallest absolute Gasteiger partial charge is 0.122 e. The summed E-state index contributed by atoms with van der Waals surface area (Å²) >= 11 is 0. The van der Waals surface area contributed by atoms with E-state index in [0.29, 0.717) is 52.9 Å². The second-order valence-corrected chi connectivity index (χ2v) is 4.63. The second kappa shape index (κ2) is 12.2. The number of hydrogen-bond donors (Lipinski definition) is 1. The molecule has 126 valence electrons. The zero-order chi connectivity index (χ0) is 16.0. The van der Waals surface area contributed by atoms with E-state index in [4.69, 9.17) is 23.7 Å². The molecule has 0 saturated heterocycles. The molecule has 0 atom stereocenters. The highest BCUT2D eigenvalue weighted by Gasteiger charge is 2.00. The summed E-state index contributed by atoms with van der Waals surface area (Å²) in [6.07, 6.45) is 0. The molecule has 1 N–H and O–H groups in total. The predicted molar refractivity (Wildman–Crippen MR) is 82.7 cm³/mol. The van der Waals surface area contributed by atoms with Crippen LogP contribution in [0.1, 0.15) is 5.56 Å². The highest BCUT2D eigenvalue weighted by atomic mass is 16.6. The average Bonchev–Trinajstić information content (AvgIpc) is 2.50. The zero-order valence-electron chi connectivity index (χ0n) is 13.4. The first-order valence-electron chi connectivity index (χ1n) is 7.38. The molecule has 6 heteroatoms. The van der Waals surface area contributed by atoms with Gasteiger partial charge in [-0.1, -0.05) is 0 Å². The number of methoxy groups -OCH3 is 1. The third kappa shape index (κ3) is 8.84. The Bertz CT molecular complexity index is 396. The van der Waals surface area contributed by atoms with Crippen LogP contribution >= 0.6 is 0 Å². The maximum atomic E-state index is 9.30. The molecule has 22 heavy (non-hydrogen) atoms. The van der Waals surface area contributed by atoms with Crippen LogP contribution in [0.5, 0.6) is 11.5 Å². The van der Waals surface area contributed by atoms with Crippen molar-refractivity contribution in [3.05, 3.63) is 23.8 Å². The zero-order valence-corrected chi connectivity index (χ0v) is 13.4. The Balaban J connectivity index is 1.89. The third-order valence-electron chi connectivity index (χ3n) is 2.82. The van der Waals surface area contributed by atoms with Gasteiger partial charge in [0, 0.05) is 7.11 Å². The molecule has 0 aliphatic rings. The molecule has 0 fully saturated rings. The summed E-state index contributed by atoms with van der Waals surface area (Å²) in [6.45, 7) is 6.21. The summed E-state index contributed by atoms with van der Waals surface area (Å²) in [5, 5.41) is 9.30. The van der Waals surface area contributed by atoms with Gasteiger partial charge in [-0.25, -0.2) is 0 Å². The summed E-state index contributed by atoms with van der Waals surface area (Å²) in [6, 6.07) is 5.02. The van der Waals surface area contributed by atoms with E-state index in [0.717, 1.165) is 11.3 Å². The minimum atomic E-state index is 0.240. The van der Waals surface area contributed by atoms with E-state index in [9.17, 15) is 5.11 Å². The molecule has 0 spiro atoms. The highest BCUT2D eigenvalue weighted by Crippen LogP contribution is 2.22. The molecule has 0 aromatic heterocycles. The fourth-order valence-corrected chi connectivity index (χ4v) is 1.69. The van der Waals surface area contributed by atoms with E-state index in [2.05, 4.69) is 0 Å². The Hall–Kier alpha value is -1.34. The van der Waals surface area contributed by atoms with Gasteiger partial charge < -0.3 is 28.8 Å². The van der Waals surface area contributed by atoms with Gasteiger partial charge in [0.05, 0.1) is 46.2 Å². The molecule has 0 radical (unpaired) electrons. The predicted octanol–water partition coefficient (Wildman–Crippen LogP) is 1.78. The van der Waals surface area contributed by atoms with Crippen molar-refractivity contribution < 1.29 is 28.8 Å². The van der Waals surface area contributed by atoms with Gasteiger partial charge in [0.2, 0.25) is 0 Å². The molecule has 0 saturated carbocycles. The van der Waals surface area contributed by atoms with Gasteiger partial charge in [-0.3, -0.25) is 0 Å². The number of benzene rings is 1. The molecule has 1 rings (SSSR count). The Morgan fingerprint density at radius 2 is 1.36 bits per heavy atom. The van der Waals surface area contributed by atoms with Crippen LogP contribution in [0.3, 0.4) is 0 Å². The SMILES string of the molecule is COCCOCCOCCOCCOc1ccc(O)cc1C. The van der Waals surface area contributed by atoms with Gasteiger partial charge in [0.25, 0.3) is 0 Å². The van der Waals surface area contributed by atoms with E-state index in [1.807, 2.05) is 6.92 Å². The number of rotatable bonds is 13. The van der Waals surface area contributed by atoms with Crippen molar-refractivity contribution in [3.8, 4) is 11.5 Å². The summed E-state index contributed by atoms with van der Waals surface area (Å²) in [5.74, 6) is 0.996. The summed E-state index contributed by atoms with van der Waals surface area (Å²) in [4.78, 5) is 0. The molecule has 0 bridgehead atoms. The number of phenolic OH excluding ortho intramolecular Hbond substituents is 1. The van der Waals surface area contributed by atoms with Crippen molar-refractivity contribution in [2.75, 3.05) is 60.0 Å². The first-order chi connectivity index (χ1) is 10.7. The molecule has 0 heterocycles. The van der Waals surface area contributed by atoms with Crippen molar-refractivity contribution in [3.63, 3.8) is 0 Å². The quantitative estimate of drug-likeness (QED) is 0.560. The van der Waals surface area contributed by atoms with Gasteiger partial charge in [0.15, 0.2) is 0 Å². The maximum absolute atomic E-state index is 9.30. The van der Waals surface area contributed by atoms with E-state index in [1.165, 1.54) is 0 Å². The monoisotopic (exact) mass is 314 g/mol. The normalized spacial score (nSPS) is 10.8. The van der Waals surface area contributed by atoms with Crippen molar-refractivity contribution in [2.45, 2.75) is 6.92 Å². The number of aryl methyl sites for hydroxylation is 1. The Morgan fingerprint density at radius 1 is 0.818 bits per heavy atom. The number of hydrogen-bond acceptors (Lipinski definition) is 6. The first kappa shape index (κ1) is 18.7. The van der Waals surface area contributed by atoms with Gasteiger partial charge in [-0.05, 0) is 30.7 Å². The molecule has 0 unspecified atom stereocenters. The Labute approximate surface area is 131 Å². The van der Waals surface area contributed by atoms with Gasteiger partial charge in [-0.2, -0.15) is 0 Å². The lowest BCUT2D eigenvalue weighted by molar-refractivity contribution is 0.000140. The molecular weight excluding hydrogens is 288 g/mol. The average molecular weight is 314 g/mol. The molecule has 1 aromatic rings. The summed E-state index contributed by atoms with van der Waals surface area (Å²) in [5.41, 5.74) is 0.900. The van der Waals surface area contributed by atoms with Crippen LogP contribution in [-0.2, 0) is 18.9 Å². The van der Waals surface area contributed by atoms with Gasteiger partial charge in [-0.15, -0.1) is 0 Å². The lowest BCUT2D eigenvalue weighted by Crippen LogP contribution is -2.13. The third-order valence-corrected chi connectivity index (χ3v) is 2.82. The van der Waals surface area contributed by atoms with Crippen LogP contribution in [0.15, 0.2) is 18.2 Å². The van der Waals surface area contributed by atoms with Gasteiger partial charge >= 0.3 is 0 Å². The van der Waals surface area contributed by atoms with Crippen LogP contribution in [0, 0.1) is 6.92 Å². The number of ether oxygens (including phenoxy) is 5. The lowest BCUT2D eigenvalue weighted by atomic mass is 10.2. The van der Waals surface area contributed by atoms with Crippen molar-refractivity contribution >= 4 is 0 Å². The Morgan fingerprint density at radius 3 is 1.91 bits per heavy atom. The second-order valence-electron chi connectivity index (χ2n) is 4.63. The Kier molecular flexibility index (Phi) is 10.4. The lowest BCUT2D eigenvalue weighted by Gasteiger charge is -2.10. The van der Waals surface area contributed by atoms with Crippen molar-refractivity contribution in [1.29, 1.82) is 0 Å². The van der Waals surface area contributed by atoms with Crippen LogP contribution in [0.2, 0.25) is 0 Å². The summed E-state index contributed by atoms with van der Waals surface area (Å²) < 4.78 is 26.4. The molecule has 1 aromatic carbocycles. The number of phenols is 1. The van der Waals surface area contributed by atoms with Crippen LogP contribution in [0.4, 0.5) is 0 Å². The van der Waals surface area contributed by atoms with Crippen LogP contribution < -0.4 is 4.74 Å². The van der Waals surface area contributed by atoms with Crippen LogP contribution in [-0.4, -0.2) is 65.1 Å². The van der Waals surface area contributed by atoms with Gasteiger partial charge in [0.1, 0.15) is 18.1 Å². The molecule has 0 aliphatic heterocycles. The van der Waals surface area contributed by atoms with E-state index in [1.54, 1.807) is 25.3 Å². The fourth-order valence-electron chi connectivity index (χ4n) is 1.69. The van der Waals surface area contributed by atoms with Crippen LogP contribution in [0.25, 0.3) is 0 Å². The number of aromatic hydroxyl groups is 1. The van der Waals surface area contributed by atoms with E-state index < -0.39 is 0 Å². The highest BCUT2D eigenvalue weighted by molar-refractivity contribution is 5.38. The van der Waals surface area contributed by atoms with E-state index >= 15 is 0 Å². The fraction of sp³-hybridized carbons (Fsp3) is 0.625. The largest absolute Gasteiger partial charge is 0.508 e. The van der Waals surface area contributed by atoms with Crippen molar-refractivity contribution in [1.82, 2.24) is 0 Å².